The van der Waals surface area contributed by atoms with Crippen LogP contribution < -0.4 is 16.1 Å². The van der Waals surface area contributed by atoms with Crippen LogP contribution in [0.3, 0.4) is 0 Å². The number of hydrogen-bond acceptors (Lipinski definition) is 7. The van der Waals surface area contributed by atoms with Gasteiger partial charge in [-0.15, -0.1) is 0 Å². The van der Waals surface area contributed by atoms with Crippen LogP contribution in [0, 0.1) is 12.7 Å². The molecule has 0 aliphatic carbocycles. The Kier molecular flexibility index (Phi) is 4.86. The normalized spacial score (nSPS) is 11.1. The van der Waals surface area contributed by atoms with Gasteiger partial charge in [0.15, 0.2) is 11.6 Å². The second kappa shape index (κ2) is 7.33. The molecule has 0 spiro atoms. The van der Waals surface area contributed by atoms with Gasteiger partial charge in [-0.3, -0.25) is 0 Å². The summed E-state index contributed by atoms with van der Waals surface area (Å²) in [6.07, 6.45) is 3.11. The molecular formula is C19H13BrFN3O3S. The summed E-state index contributed by atoms with van der Waals surface area (Å²) in [7, 11) is 0. The summed E-state index contributed by atoms with van der Waals surface area (Å²) in [4.78, 5) is 20.3. The smallest absolute Gasteiger partial charge is 0.340 e. The molecule has 0 saturated heterocycles. The Balaban J connectivity index is 1.73. The van der Waals surface area contributed by atoms with E-state index in [9.17, 15) is 9.18 Å². The highest BCUT2D eigenvalue weighted by atomic mass is 79.9. The zero-order valence-corrected chi connectivity index (χ0v) is 16.9. The van der Waals surface area contributed by atoms with Crippen LogP contribution in [-0.2, 0) is 6.42 Å². The van der Waals surface area contributed by atoms with Crippen molar-refractivity contribution in [3.63, 3.8) is 0 Å². The zero-order chi connectivity index (χ0) is 19.8. The van der Waals surface area contributed by atoms with E-state index in [1.54, 1.807) is 31.3 Å². The number of aryl methyl sites for hydroxylation is 1. The number of fused-ring (bicyclic) bond motifs is 1. The predicted molar refractivity (Wildman–Crippen MR) is 109 cm³/mol. The average Bonchev–Trinajstić information content (AvgIpc) is 3.06. The lowest BCUT2D eigenvalue weighted by Gasteiger charge is -2.10. The number of aromatic nitrogens is 2. The van der Waals surface area contributed by atoms with Crippen molar-refractivity contribution < 1.29 is 13.5 Å². The lowest BCUT2D eigenvalue weighted by atomic mass is 10.00. The molecule has 2 N–H and O–H groups in total. The Bertz CT molecular complexity index is 1260. The summed E-state index contributed by atoms with van der Waals surface area (Å²) in [5.41, 5.74) is 6.73. The van der Waals surface area contributed by atoms with Crippen molar-refractivity contribution in [1.29, 1.82) is 0 Å². The lowest BCUT2D eigenvalue weighted by Crippen LogP contribution is -2.12. The molecule has 1 aromatic carbocycles. The van der Waals surface area contributed by atoms with E-state index >= 15 is 0 Å². The van der Waals surface area contributed by atoms with Gasteiger partial charge >= 0.3 is 5.63 Å². The van der Waals surface area contributed by atoms with Crippen molar-refractivity contribution in [1.82, 2.24) is 9.97 Å². The van der Waals surface area contributed by atoms with Gasteiger partial charge in [-0.25, -0.2) is 19.2 Å². The molecular weight excluding hydrogens is 449 g/mol. The molecule has 0 radical (unpaired) electrons. The topological polar surface area (TPSA) is 91.2 Å². The molecule has 142 valence electrons. The number of anilines is 1. The number of nitrogens with zero attached hydrogens (tertiary/aromatic N) is 2. The van der Waals surface area contributed by atoms with Gasteiger partial charge in [-0.2, -0.15) is 0 Å². The summed E-state index contributed by atoms with van der Waals surface area (Å²) in [6.45, 7) is 1.80. The quantitative estimate of drug-likeness (QED) is 0.438. The van der Waals surface area contributed by atoms with Crippen molar-refractivity contribution in [3.8, 4) is 10.9 Å². The fraction of sp³-hybridized carbons (Fsp3) is 0.105. The lowest BCUT2D eigenvalue weighted by molar-refractivity contribution is 0.476. The minimum absolute atomic E-state index is 0.0635. The fourth-order valence-corrected chi connectivity index (χ4v) is 3.89. The van der Waals surface area contributed by atoms with Crippen LogP contribution >= 0.6 is 27.3 Å². The molecule has 3 heterocycles. The summed E-state index contributed by atoms with van der Waals surface area (Å²) in [5.74, 6) is -0.326. The molecule has 4 rings (SSSR count). The van der Waals surface area contributed by atoms with Crippen LogP contribution in [0.15, 0.2) is 49.7 Å². The Morgan fingerprint density at radius 3 is 2.89 bits per heavy atom. The van der Waals surface area contributed by atoms with Gasteiger partial charge < -0.3 is 14.9 Å². The van der Waals surface area contributed by atoms with Crippen molar-refractivity contribution in [2.24, 2.45) is 0 Å². The van der Waals surface area contributed by atoms with Gasteiger partial charge in [0.05, 0.1) is 9.98 Å². The van der Waals surface area contributed by atoms with E-state index in [0.29, 0.717) is 27.7 Å². The van der Waals surface area contributed by atoms with Crippen molar-refractivity contribution in [2.75, 3.05) is 5.73 Å². The Hall–Kier alpha value is -2.78. The average molecular weight is 462 g/mol. The third kappa shape index (κ3) is 3.50. The predicted octanol–water partition coefficient (Wildman–Crippen LogP) is 4.82. The van der Waals surface area contributed by atoms with Crippen LogP contribution in [-0.4, -0.2) is 9.97 Å². The highest BCUT2D eigenvalue weighted by Gasteiger charge is 2.16. The highest BCUT2D eigenvalue weighted by Crippen LogP contribution is 2.32. The number of rotatable bonds is 4. The first-order valence-electron chi connectivity index (χ1n) is 8.16. The largest absolute Gasteiger partial charge is 0.431 e. The van der Waals surface area contributed by atoms with E-state index in [-0.39, 0.29) is 17.8 Å². The monoisotopic (exact) mass is 461 g/mol. The maximum atomic E-state index is 14.2. The Morgan fingerprint density at radius 1 is 1.32 bits per heavy atom. The van der Waals surface area contributed by atoms with Gasteiger partial charge in [-0.1, -0.05) is 11.3 Å². The molecule has 0 saturated carbocycles. The Labute approximate surface area is 170 Å². The van der Waals surface area contributed by atoms with E-state index in [4.69, 9.17) is 14.9 Å². The second-order valence-electron chi connectivity index (χ2n) is 6.03. The number of thiazole rings is 1. The highest BCUT2D eigenvalue weighted by molar-refractivity contribution is 9.11. The van der Waals surface area contributed by atoms with Gasteiger partial charge in [0, 0.05) is 29.6 Å². The second-order valence-corrected chi connectivity index (χ2v) is 8.40. The maximum absolute atomic E-state index is 14.2. The van der Waals surface area contributed by atoms with Crippen molar-refractivity contribution >= 4 is 44.1 Å². The number of nitrogen functional groups attached to an aromatic ring is 1. The standard InChI is InChI=1S/C19H13BrFN3O3S/c1-9-12-3-2-11(26-19-24-8-15(20)28-19)7-14(12)27-18(25)13(9)6-10-4-5-23-17(22)16(10)21/h2-5,7-8H,6H2,1H3,(H2,22,23). The number of halogens is 2. The number of pyridine rings is 1. The van der Waals surface area contributed by atoms with E-state index in [0.717, 1.165) is 9.17 Å². The third-order valence-corrected chi connectivity index (χ3v) is 5.64. The molecule has 0 amide bonds. The maximum Gasteiger partial charge on any atom is 0.340 e. The molecule has 0 unspecified atom stereocenters. The molecule has 6 nitrogen and oxygen atoms in total. The van der Waals surface area contributed by atoms with Gasteiger partial charge in [0.25, 0.3) is 5.19 Å². The van der Waals surface area contributed by atoms with Crippen LogP contribution in [0.4, 0.5) is 10.2 Å². The van der Waals surface area contributed by atoms with E-state index < -0.39 is 11.4 Å². The molecule has 28 heavy (non-hydrogen) atoms. The molecule has 0 fully saturated rings. The minimum Gasteiger partial charge on any atom is -0.431 e. The van der Waals surface area contributed by atoms with Crippen molar-refractivity contribution in [2.45, 2.75) is 13.3 Å². The molecule has 9 heteroatoms. The van der Waals surface area contributed by atoms with E-state index in [1.165, 1.54) is 23.6 Å². The van der Waals surface area contributed by atoms with E-state index in [1.807, 2.05) is 0 Å². The van der Waals surface area contributed by atoms with Crippen LogP contribution in [0.25, 0.3) is 11.0 Å². The first kappa shape index (κ1) is 18.6. The number of benzene rings is 1. The van der Waals surface area contributed by atoms with Gasteiger partial charge in [0.2, 0.25) is 0 Å². The number of hydrogen-bond donors (Lipinski definition) is 1. The third-order valence-electron chi connectivity index (χ3n) is 4.28. The summed E-state index contributed by atoms with van der Waals surface area (Å²) < 4.78 is 26.2. The zero-order valence-electron chi connectivity index (χ0n) is 14.5. The first-order chi connectivity index (χ1) is 13.4. The molecule has 0 aliphatic heterocycles. The van der Waals surface area contributed by atoms with Gasteiger partial charge in [0.1, 0.15) is 11.3 Å². The molecule has 0 bridgehead atoms. The number of ether oxygens (including phenoxy) is 1. The van der Waals surface area contributed by atoms with Crippen molar-refractivity contribution in [3.05, 3.63) is 73.4 Å². The summed E-state index contributed by atoms with van der Waals surface area (Å²) in [5, 5.41) is 1.21. The fourth-order valence-electron chi connectivity index (χ4n) is 2.86. The van der Waals surface area contributed by atoms with Crippen LogP contribution in [0.5, 0.6) is 10.9 Å². The summed E-state index contributed by atoms with van der Waals surface area (Å²) in [6, 6.07) is 6.69. The van der Waals surface area contributed by atoms with Gasteiger partial charge in [-0.05, 0) is 52.2 Å². The molecule has 0 atom stereocenters. The van der Waals surface area contributed by atoms with E-state index in [2.05, 4.69) is 25.9 Å². The van der Waals surface area contributed by atoms with Crippen LogP contribution in [0.1, 0.15) is 16.7 Å². The Morgan fingerprint density at radius 2 is 2.14 bits per heavy atom. The summed E-state index contributed by atoms with van der Waals surface area (Å²) >= 11 is 4.67. The van der Waals surface area contributed by atoms with Crippen LogP contribution in [0.2, 0.25) is 0 Å². The number of nitrogens with two attached hydrogens (primary N) is 1. The first-order valence-corrected chi connectivity index (χ1v) is 9.77. The molecule has 4 aromatic rings. The molecule has 3 aromatic heterocycles. The SMILES string of the molecule is Cc1c(Cc2ccnc(N)c2F)c(=O)oc2cc(Oc3ncc(Br)s3)ccc12. The molecule has 0 aliphatic rings. The minimum atomic E-state index is -0.625.